The average molecular weight is 492 g/mol. The van der Waals surface area contributed by atoms with E-state index in [1.807, 2.05) is 0 Å². The number of rotatable bonds is 9. The first kappa shape index (κ1) is 27.3. The van der Waals surface area contributed by atoms with Crippen LogP contribution in [0.25, 0.3) is 0 Å². The average Bonchev–Trinajstić information content (AvgIpc) is 2.79. The molecule has 5 atom stereocenters. The molecule has 0 unspecified atom stereocenters. The molecule has 12 nitrogen and oxygen atoms in total. The van der Waals surface area contributed by atoms with Crippen LogP contribution in [0.4, 0.5) is 0 Å². The van der Waals surface area contributed by atoms with E-state index in [0.29, 0.717) is 5.69 Å². The first-order valence-electron chi connectivity index (χ1n) is 10.7. The topological polar surface area (TPSA) is 156 Å². The van der Waals surface area contributed by atoms with E-state index in [2.05, 4.69) is 10.3 Å². The molecule has 190 valence electrons. The zero-order valence-corrected chi connectivity index (χ0v) is 20.0. The van der Waals surface area contributed by atoms with Gasteiger partial charge in [-0.3, -0.25) is 24.2 Å². The van der Waals surface area contributed by atoms with Crippen LogP contribution in [0.3, 0.4) is 0 Å². The van der Waals surface area contributed by atoms with Crippen molar-refractivity contribution in [3.8, 4) is 0 Å². The van der Waals surface area contributed by atoms with Crippen LogP contribution in [0.2, 0.25) is 0 Å². The number of amides is 1. The predicted molar refractivity (Wildman–Crippen MR) is 117 cm³/mol. The minimum Gasteiger partial charge on any atom is -0.477 e. The first-order chi connectivity index (χ1) is 16.5. The molecule has 1 aliphatic rings. The Morgan fingerprint density at radius 3 is 2.23 bits per heavy atom. The number of nitrogens with zero attached hydrogens (tertiary/aromatic N) is 1. The number of nitrogens with one attached hydrogen (secondary N) is 1. The summed E-state index contributed by atoms with van der Waals surface area (Å²) < 4.78 is 26.4. The van der Waals surface area contributed by atoms with E-state index in [1.165, 1.54) is 19.2 Å². The van der Waals surface area contributed by atoms with Gasteiger partial charge >= 0.3 is 23.9 Å². The molecule has 0 saturated heterocycles. The Morgan fingerprint density at radius 1 is 1.03 bits per heavy atom. The van der Waals surface area contributed by atoms with Crippen LogP contribution in [0.15, 0.2) is 36.2 Å². The fourth-order valence-electron chi connectivity index (χ4n) is 3.62. The van der Waals surface area contributed by atoms with E-state index in [9.17, 15) is 24.0 Å². The predicted octanol–water partition coefficient (Wildman–Crippen LogP) is 0.552. The maximum atomic E-state index is 12.4. The molecule has 1 aromatic rings. The molecular formula is C23H28N2O10. The molecule has 0 radical (unpaired) electrons. The number of hydrogen-bond acceptors (Lipinski definition) is 11. The van der Waals surface area contributed by atoms with Gasteiger partial charge in [-0.05, 0) is 18.2 Å². The number of aromatic nitrogens is 1. The molecular weight excluding hydrogens is 464 g/mol. The molecule has 2 heterocycles. The molecule has 0 bridgehead atoms. The van der Waals surface area contributed by atoms with Gasteiger partial charge in [-0.2, -0.15) is 0 Å². The maximum Gasteiger partial charge on any atom is 0.373 e. The number of carbonyl (C=O) groups excluding carboxylic acids is 5. The second-order valence-corrected chi connectivity index (χ2v) is 7.64. The Hall–Kier alpha value is -3.96. The Morgan fingerprint density at radius 2 is 1.71 bits per heavy atom. The van der Waals surface area contributed by atoms with E-state index in [0.717, 1.165) is 27.9 Å². The highest BCUT2D eigenvalue weighted by atomic mass is 16.6. The molecule has 2 rings (SSSR count). The molecule has 0 aromatic carbocycles. The second-order valence-electron chi connectivity index (χ2n) is 7.64. The van der Waals surface area contributed by atoms with Crippen LogP contribution in [0, 0.1) is 0 Å². The fraction of sp³-hybridized carbons (Fsp3) is 0.478. The molecule has 0 spiro atoms. The van der Waals surface area contributed by atoms with E-state index in [4.69, 9.17) is 23.7 Å². The Labute approximate surface area is 201 Å². The third-order valence-corrected chi connectivity index (χ3v) is 4.88. The monoisotopic (exact) mass is 492 g/mol. The van der Waals surface area contributed by atoms with Gasteiger partial charge in [0, 0.05) is 45.5 Å². The molecule has 1 aliphatic heterocycles. The number of methoxy groups -OCH3 is 1. The van der Waals surface area contributed by atoms with Crippen molar-refractivity contribution in [3.05, 3.63) is 41.9 Å². The van der Waals surface area contributed by atoms with Gasteiger partial charge in [-0.15, -0.1) is 0 Å². The van der Waals surface area contributed by atoms with Gasteiger partial charge in [-0.1, -0.05) is 6.07 Å². The summed E-state index contributed by atoms with van der Waals surface area (Å²) in [6, 6.07) is 4.14. The lowest BCUT2D eigenvalue weighted by Gasteiger charge is -2.41. The van der Waals surface area contributed by atoms with Crippen molar-refractivity contribution < 1.29 is 47.7 Å². The van der Waals surface area contributed by atoms with E-state index < -0.39 is 66.7 Å². The number of pyridine rings is 1. The summed E-state index contributed by atoms with van der Waals surface area (Å²) in [5, 5.41) is 2.74. The molecule has 12 heteroatoms. The highest BCUT2D eigenvalue weighted by Crippen LogP contribution is 2.34. The van der Waals surface area contributed by atoms with Gasteiger partial charge in [0.1, 0.15) is 6.61 Å². The van der Waals surface area contributed by atoms with Crippen molar-refractivity contribution >= 4 is 29.8 Å². The number of esters is 4. The minimum absolute atomic E-state index is 0.235. The summed E-state index contributed by atoms with van der Waals surface area (Å²) in [5.74, 6) is -4.46. The van der Waals surface area contributed by atoms with Crippen LogP contribution in [-0.2, 0) is 47.7 Å². The fourth-order valence-corrected chi connectivity index (χ4v) is 3.62. The lowest BCUT2D eigenvalue weighted by Crippen LogP contribution is -2.59. The van der Waals surface area contributed by atoms with Crippen molar-refractivity contribution in [1.29, 1.82) is 0 Å². The van der Waals surface area contributed by atoms with Gasteiger partial charge in [-0.25, -0.2) is 4.79 Å². The van der Waals surface area contributed by atoms with Crippen molar-refractivity contribution in [1.82, 2.24) is 10.3 Å². The molecule has 0 saturated carbocycles. The molecule has 0 aliphatic carbocycles. The summed E-state index contributed by atoms with van der Waals surface area (Å²) in [7, 11) is 1.16. The number of carbonyl (C=O) groups is 5. The number of hydrogen-bond donors (Lipinski definition) is 1. The van der Waals surface area contributed by atoms with Gasteiger partial charge in [0.2, 0.25) is 11.7 Å². The highest BCUT2D eigenvalue weighted by molar-refractivity contribution is 5.86. The normalized spacial score (nSPS) is 20.7. The highest BCUT2D eigenvalue weighted by Gasteiger charge is 2.48. The van der Waals surface area contributed by atoms with Crippen molar-refractivity contribution in [2.45, 2.75) is 58.0 Å². The summed E-state index contributed by atoms with van der Waals surface area (Å²) in [6.45, 7) is 4.18. The summed E-state index contributed by atoms with van der Waals surface area (Å²) in [4.78, 5) is 64.2. The van der Waals surface area contributed by atoms with Gasteiger partial charge < -0.3 is 29.0 Å². The van der Waals surface area contributed by atoms with Crippen molar-refractivity contribution in [2.75, 3.05) is 13.7 Å². The van der Waals surface area contributed by atoms with Crippen LogP contribution < -0.4 is 5.32 Å². The lowest BCUT2D eigenvalue weighted by molar-refractivity contribution is -0.188. The molecule has 1 amide bonds. The van der Waals surface area contributed by atoms with E-state index in [1.54, 1.807) is 18.2 Å². The van der Waals surface area contributed by atoms with E-state index >= 15 is 0 Å². The van der Waals surface area contributed by atoms with Crippen molar-refractivity contribution in [3.63, 3.8) is 0 Å². The Bertz CT molecular complexity index is 978. The quantitative estimate of drug-likeness (QED) is 0.379. The smallest absolute Gasteiger partial charge is 0.373 e. The lowest BCUT2D eigenvalue weighted by atomic mass is 9.84. The zero-order valence-electron chi connectivity index (χ0n) is 20.0. The van der Waals surface area contributed by atoms with Crippen LogP contribution >= 0.6 is 0 Å². The van der Waals surface area contributed by atoms with E-state index in [-0.39, 0.29) is 5.76 Å². The van der Waals surface area contributed by atoms with Crippen LogP contribution in [0.5, 0.6) is 0 Å². The van der Waals surface area contributed by atoms with Crippen molar-refractivity contribution in [2.24, 2.45) is 0 Å². The third kappa shape index (κ3) is 7.80. The molecule has 0 fully saturated rings. The summed E-state index contributed by atoms with van der Waals surface area (Å²) in [6.07, 6.45) is -1.06. The van der Waals surface area contributed by atoms with Crippen LogP contribution in [-0.4, -0.2) is 72.8 Å². The van der Waals surface area contributed by atoms with Gasteiger partial charge in [0.05, 0.1) is 13.2 Å². The maximum absolute atomic E-state index is 12.4. The zero-order chi connectivity index (χ0) is 26.1. The first-order valence-corrected chi connectivity index (χ1v) is 10.7. The minimum atomic E-state index is -1.41. The largest absolute Gasteiger partial charge is 0.477 e. The Balaban J connectivity index is 2.65. The standard InChI is InChI=1S/C23H28N2O10/c1-12(26)25-20-16(17-8-6-7-9-24-17)10-18(23(30)31-5)35-22(20)21(34-15(4)29)19(33-14(3)28)11-32-13(2)27/h6-10,16,19-22H,11H2,1-5H3,(H,25,26)/t16-,19-,20-,21-,22-/m1/s1. The third-order valence-electron chi connectivity index (χ3n) is 4.88. The second kappa shape index (κ2) is 12.5. The molecule has 1 N–H and O–H groups in total. The number of ether oxygens (including phenoxy) is 5. The van der Waals surface area contributed by atoms with Crippen LogP contribution in [0.1, 0.15) is 39.3 Å². The molecule has 35 heavy (non-hydrogen) atoms. The Kier molecular flexibility index (Phi) is 9.74. The SMILES string of the molecule is COC(=O)C1=C[C@H](c2ccccn2)[C@@H](NC(C)=O)[C@H]([C@H](OC(C)=O)[C@@H](COC(C)=O)OC(C)=O)O1. The molecule has 1 aromatic heterocycles. The van der Waals surface area contributed by atoms with Gasteiger partial charge in [0.15, 0.2) is 18.3 Å². The van der Waals surface area contributed by atoms with Gasteiger partial charge in [0.25, 0.3) is 0 Å². The summed E-state index contributed by atoms with van der Waals surface area (Å²) in [5.41, 5.74) is 0.464. The summed E-state index contributed by atoms with van der Waals surface area (Å²) >= 11 is 0.